The van der Waals surface area contributed by atoms with Crippen molar-refractivity contribution in [1.82, 2.24) is 9.97 Å². The van der Waals surface area contributed by atoms with E-state index in [1.54, 1.807) is 0 Å². The number of hydrogen-bond acceptors (Lipinski definition) is 3. The van der Waals surface area contributed by atoms with Gasteiger partial charge in [-0.2, -0.15) is 0 Å². The lowest BCUT2D eigenvalue weighted by atomic mass is 9.99. The number of amides is 1. The van der Waals surface area contributed by atoms with Crippen LogP contribution in [0.3, 0.4) is 0 Å². The van der Waals surface area contributed by atoms with Crippen LogP contribution in [0.25, 0.3) is 10.9 Å². The van der Waals surface area contributed by atoms with Crippen LogP contribution in [0.1, 0.15) is 29.9 Å². The molecule has 2 aromatic heterocycles. The van der Waals surface area contributed by atoms with Crippen LogP contribution in [0.2, 0.25) is 0 Å². The van der Waals surface area contributed by atoms with Gasteiger partial charge in [0.25, 0.3) is 0 Å². The number of fused-ring (bicyclic) bond motifs is 1. The number of pyridine rings is 1. The first kappa shape index (κ1) is 17.8. The number of aromatic nitrogens is 2. The standard InChI is InChI=1S/C23H22N4O/c1-15-22(19-7-3-4-8-20(19)25-15)23(21-9-5-6-14-24-21)27-18-12-10-17(11-13-18)26-16(2)28/h3-14,23,25,27H,1-2H3,(H,26,28)/t23-/m0/s1. The Hall–Kier alpha value is -3.60. The van der Waals surface area contributed by atoms with Crippen LogP contribution in [0.5, 0.6) is 0 Å². The molecule has 0 saturated carbocycles. The molecule has 0 saturated heterocycles. The average Bonchev–Trinajstić information content (AvgIpc) is 3.03. The van der Waals surface area contributed by atoms with Crippen molar-refractivity contribution < 1.29 is 4.79 Å². The van der Waals surface area contributed by atoms with E-state index in [1.807, 2.05) is 54.7 Å². The maximum atomic E-state index is 11.2. The summed E-state index contributed by atoms with van der Waals surface area (Å²) in [4.78, 5) is 19.3. The Morgan fingerprint density at radius 3 is 2.39 bits per heavy atom. The third-order valence-corrected chi connectivity index (χ3v) is 4.73. The summed E-state index contributed by atoms with van der Waals surface area (Å²) < 4.78 is 0. The SMILES string of the molecule is CC(=O)Nc1ccc(N[C@@H](c2ccccn2)c2c(C)[nH]c3ccccc23)cc1. The Morgan fingerprint density at radius 2 is 1.68 bits per heavy atom. The van der Waals surface area contributed by atoms with Crippen LogP contribution in [0.15, 0.2) is 72.9 Å². The molecule has 0 aliphatic rings. The minimum absolute atomic E-state index is 0.0820. The summed E-state index contributed by atoms with van der Waals surface area (Å²) in [6.07, 6.45) is 1.81. The van der Waals surface area contributed by atoms with E-state index in [0.717, 1.165) is 28.3 Å². The monoisotopic (exact) mass is 370 g/mol. The molecule has 1 amide bonds. The van der Waals surface area contributed by atoms with E-state index in [-0.39, 0.29) is 11.9 Å². The first-order chi connectivity index (χ1) is 13.6. The molecule has 0 bridgehead atoms. The molecule has 4 rings (SSSR count). The minimum atomic E-state index is -0.107. The van der Waals surface area contributed by atoms with Gasteiger partial charge in [0, 0.05) is 46.7 Å². The number of H-pyrrole nitrogens is 1. The second-order valence-electron chi connectivity index (χ2n) is 6.80. The van der Waals surface area contributed by atoms with Gasteiger partial charge in [-0.05, 0) is 49.4 Å². The fraction of sp³-hybridized carbons (Fsp3) is 0.130. The van der Waals surface area contributed by atoms with Crippen LogP contribution in [-0.2, 0) is 4.79 Å². The van der Waals surface area contributed by atoms with Crippen LogP contribution < -0.4 is 10.6 Å². The quantitative estimate of drug-likeness (QED) is 0.461. The summed E-state index contributed by atoms with van der Waals surface area (Å²) >= 11 is 0. The summed E-state index contributed by atoms with van der Waals surface area (Å²) in [5, 5.41) is 7.59. The predicted octanol–water partition coefficient (Wildman–Crippen LogP) is 5.03. The first-order valence-corrected chi connectivity index (χ1v) is 9.24. The topological polar surface area (TPSA) is 69.8 Å². The highest BCUT2D eigenvalue weighted by molar-refractivity contribution is 5.89. The van der Waals surface area contributed by atoms with Gasteiger partial charge < -0.3 is 15.6 Å². The van der Waals surface area contributed by atoms with Crippen LogP contribution in [-0.4, -0.2) is 15.9 Å². The molecular weight excluding hydrogens is 348 g/mol. The van der Waals surface area contributed by atoms with Gasteiger partial charge in [-0.25, -0.2) is 0 Å². The first-order valence-electron chi connectivity index (χ1n) is 9.24. The second-order valence-corrected chi connectivity index (χ2v) is 6.80. The minimum Gasteiger partial charge on any atom is -0.373 e. The van der Waals surface area contributed by atoms with E-state index < -0.39 is 0 Å². The Morgan fingerprint density at radius 1 is 0.964 bits per heavy atom. The van der Waals surface area contributed by atoms with Gasteiger partial charge in [0.2, 0.25) is 5.91 Å². The molecule has 2 aromatic carbocycles. The molecule has 0 radical (unpaired) electrons. The highest BCUT2D eigenvalue weighted by atomic mass is 16.1. The molecule has 0 spiro atoms. The number of rotatable bonds is 5. The summed E-state index contributed by atoms with van der Waals surface area (Å²) in [6, 6.07) is 21.9. The lowest BCUT2D eigenvalue weighted by molar-refractivity contribution is -0.114. The van der Waals surface area contributed by atoms with Crippen molar-refractivity contribution in [2.45, 2.75) is 19.9 Å². The summed E-state index contributed by atoms with van der Waals surface area (Å²) in [7, 11) is 0. The van der Waals surface area contributed by atoms with Crippen LogP contribution in [0, 0.1) is 6.92 Å². The fourth-order valence-electron chi connectivity index (χ4n) is 3.53. The number of carbonyl (C=O) groups excluding carboxylic acids is 1. The lowest BCUT2D eigenvalue weighted by Gasteiger charge is -2.21. The molecule has 3 N–H and O–H groups in total. The number of aromatic amines is 1. The van der Waals surface area contributed by atoms with Gasteiger partial charge >= 0.3 is 0 Å². The highest BCUT2D eigenvalue weighted by Crippen LogP contribution is 2.33. The molecule has 1 atom stereocenters. The predicted molar refractivity (Wildman–Crippen MR) is 113 cm³/mol. The van der Waals surface area contributed by atoms with E-state index in [9.17, 15) is 4.79 Å². The molecule has 5 heteroatoms. The zero-order chi connectivity index (χ0) is 19.5. The van der Waals surface area contributed by atoms with Crippen molar-refractivity contribution in [3.63, 3.8) is 0 Å². The Labute approximate surface area is 163 Å². The van der Waals surface area contributed by atoms with Gasteiger partial charge in [0.05, 0.1) is 11.7 Å². The summed E-state index contributed by atoms with van der Waals surface area (Å²) in [6.45, 7) is 3.59. The van der Waals surface area contributed by atoms with Crippen molar-refractivity contribution in [2.75, 3.05) is 10.6 Å². The smallest absolute Gasteiger partial charge is 0.221 e. The van der Waals surface area contributed by atoms with Gasteiger partial charge in [-0.3, -0.25) is 9.78 Å². The molecule has 2 heterocycles. The highest BCUT2D eigenvalue weighted by Gasteiger charge is 2.21. The number of anilines is 2. The molecule has 0 aliphatic carbocycles. The third-order valence-electron chi connectivity index (χ3n) is 4.73. The van der Waals surface area contributed by atoms with E-state index in [0.29, 0.717) is 0 Å². The third kappa shape index (κ3) is 3.60. The van der Waals surface area contributed by atoms with Crippen molar-refractivity contribution in [3.05, 3.63) is 89.9 Å². The number of para-hydroxylation sites is 1. The maximum absolute atomic E-state index is 11.2. The second kappa shape index (κ2) is 7.56. The molecule has 0 unspecified atom stereocenters. The van der Waals surface area contributed by atoms with Crippen molar-refractivity contribution in [1.29, 1.82) is 0 Å². The van der Waals surface area contributed by atoms with Crippen molar-refractivity contribution in [3.8, 4) is 0 Å². The van der Waals surface area contributed by atoms with Gasteiger partial charge in [-0.15, -0.1) is 0 Å². The van der Waals surface area contributed by atoms with Gasteiger partial charge in [0.1, 0.15) is 0 Å². The summed E-state index contributed by atoms with van der Waals surface area (Å²) in [5.74, 6) is -0.0820. The van der Waals surface area contributed by atoms with E-state index in [2.05, 4.69) is 45.7 Å². The zero-order valence-electron chi connectivity index (χ0n) is 15.9. The molecule has 28 heavy (non-hydrogen) atoms. The molecule has 140 valence electrons. The summed E-state index contributed by atoms with van der Waals surface area (Å²) in [5.41, 5.74) is 6.07. The van der Waals surface area contributed by atoms with Gasteiger partial charge in [-0.1, -0.05) is 24.3 Å². The molecule has 4 aromatic rings. The number of benzene rings is 2. The number of aryl methyl sites for hydroxylation is 1. The molecule has 0 aliphatic heterocycles. The Bertz CT molecular complexity index is 1100. The van der Waals surface area contributed by atoms with E-state index in [1.165, 1.54) is 17.9 Å². The largest absolute Gasteiger partial charge is 0.373 e. The number of nitrogens with zero attached hydrogens (tertiary/aromatic N) is 1. The molecule has 0 fully saturated rings. The Kier molecular flexibility index (Phi) is 4.81. The average molecular weight is 370 g/mol. The van der Waals surface area contributed by atoms with E-state index in [4.69, 9.17) is 0 Å². The number of nitrogens with one attached hydrogen (secondary N) is 3. The van der Waals surface area contributed by atoms with Crippen molar-refractivity contribution >= 4 is 28.2 Å². The normalized spacial score (nSPS) is 11.9. The number of carbonyl (C=O) groups is 1. The zero-order valence-corrected chi connectivity index (χ0v) is 15.9. The maximum Gasteiger partial charge on any atom is 0.221 e. The number of hydrogen-bond donors (Lipinski definition) is 3. The lowest BCUT2D eigenvalue weighted by Crippen LogP contribution is -2.14. The molecular formula is C23H22N4O. The van der Waals surface area contributed by atoms with Crippen LogP contribution in [0.4, 0.5) is 11.4 Å². The molecule has 5 nitrogen and oxygen atoms in total. The van der Waals surface area contributed by atoms with E-state index >= 15 is 0 Å². The van der Waals surface area contributed by atoms with Crippen molar-refractivity contribution in [2.24, 2.45) is 0 Å². The Balaban J connectivity index is 1.75. The van der Waals surface area contributed by atoms with Crippen LogP contribution >= 0.6 is 0 Å². The van der Waals surface area contributed by atoms with Gasteiger partial charge in [0.15, 0.2) is 0 Å². The fourth-order valence-corrected chi connectivity index (χ4v) is 3.53.